The number of non-ortho nitro benzene ring substituents is 1. The van der Waals surface area contributed by atoms with Crippen LogP contribution in [0.4, 0.5) is 5.69 Å². The highest BCUT2D eigenvalue weighted by Gasteiger charge is 2.09. The third-order valence-electron chi connectivity index (χ3n) is 4.26. The van der Waals surface area contributed by atoms with Gasteiger partial charge < -0.3 is 9.84 Å². The molecule has 0 saturated carbocycles. The number of hydrogen-bond acceptors (Lipinski definition) is 5. The first-order valence-electron chi connectivity index (χ1n) is 8.88. The lowest BCUT2D eigenvalue weighted by Crippen LogP contribution is -2.00. The molecule has 7 heteroatoms. The van der Waals surface area contributed by atoms with Crippen LogP contribution in [0, 0.1) is 21.4 Å². The molecule has 0 amide bonds. The number of carbonyl (C=O) groups is 1. The molecule has 3 aromatic carbocycles. The smallest absolute Gasteiger partial charge is 0.335 e. The maximum absolute atomic E-state index is 11.0. The molecule has 3 rings (SSSR count). The van der Waals surface area contributed by atoms with E-state index >= 15 is 0 Å². The number of hydrogen-bond donors (Lipinski definition) is 1. The van der Waals surface area contributed by atoms with Crippen molar-refractivity contribution in [1.29, 1.82) is 5.26 Å². The summed E-state index contributed by atoms with van der Waals surface area (Å²) in [7, 11) is 0. The summed E-state index contributed by atoms with van der Waals surface area (Å²) < 4.78 is 5.69. The first-order valence-corrected chi connectivity index (χ1v) is 8.88. The van der Waals surface area contributed by atoms with Crippen LogP contribution in [-0.2, 0) is 6.61 Å². The zero-order valence-corrected chi connectivity index (χ0v) is 15.7. The molecule has 30 heavy (non-hydrogen) atoms. The Kier molecular flexibility index (Phi) is 6.20. The van der Waals surface area contributed by atoms with Crippen LogP contribution in [0.2, 0.25) is 0 Å². The molecule has 7 nitrogen and oxygen atoms in total. The van der Waals surface area contributed by atoms with Gasteiger partial charge in [-0.25, -0.2) is 4.79 Å². The van der Waals surface area contributed by atoms with Gasteiger partial charge in [0.25, 0.3) is 5.69 Å². The van der Waals surface area contributed by atoms with E-state index in [2.05, 4.69) is 6.07 Å². The summed E-state index contributed by atoms with van der Waals surface area (Å²) in [6, 6.07) is 21.5. The van der Waals surface area contributed by atoms with Gasteiger partial charge in [-0.3, -0.25) is 10.1 Å². The number of ether oxygens (including phenoxy) is 1. The van der Waals surface area contributed by atoms with Crippen molar-refractivity contribution in [3.05, 3.63) is 105 Å². The minimum atomic E-state index is -0.995. The number of carboxylic acid groups (broad SMARTS) is 1. The zero-order valence-electron chi connectivity index (χ0n) is 15.7. The quantitative estimate of drug-likeness (QED) is 0.260. The predicted octanol–water partition coefficient (Wildman–Crippen LogP) is 4.94. The van der Waals surface area contributed by atoms with Crippen molar-refractivity contribution in [2.24, 2.45) is 0 Å². The van der Waals surface area contributed by atoms with E-state index in [1.807, 2.05) is 0 Å². The van der Waals surface area contributed by atoms with Crippen molar-refractivity contribution in [3.63, 3.8) is 0 Å². The van der Waals surface area contributed by atoms with E-state index in [0.29, 0.717) is 16.9 Å². The highest BCUT2D eigenvalue weighted by atomic mass is 16.6. The summed E-state index contributed by atoms with van der Waals surface area (Å²) in [4.78, 5) is 21.5. The number of allylic oxidation sites excluding steroid dienone is 1. The summed E-state index contributed by atoms with van der Waals surface area (Å²) in [5.74, 6) is -0.410. The first-order chi connectivity index (χ1) is 14.5. The fourth-order valence-corrected chi connectivity index (χ4v) is 2.75. The Morgan fingerprint density at radius 2 is 1.77 bits per heavy atom. The molecule has 0 fully saturated rings. The van der Waals surface area contributed by atoms with Crippen LogP contribution >= 0.6 is 0 Å². The predicted molar refractivity (Wildman–Crippen MR) is 111 cm³/mol. The Morgan fingerprint density at radius 3 is 2.43 bits per heavy atom. The summed E-state index contributed by atoms with van der Waals surface area (Å²) in [5, 5.41) is 29.4. The van der Waals surface area contributed by atoms with Gasteiger partial charge in [-0.05, 0) is 47.0 Å². The van der Waals surface area contributed by atoms with Crippen molar-refractivity contribution < 1.29 is 19.6 Å². The Balaban J connectivity index is 1.72. The van der Waals surface area contributed by atoms with E-state index < -0.39 is 10.9 Å². The molecule has 0 aliphatic carbocycles. The van der Waals surface area contributed by atoms with E-state index in [0.717, 1.165) is 11.1 Å². The van der Waals surface area contributed by atoms with Crippen LogP contribution < -0.4 is 4.74 Å². The number of nitriles is 1. The molecule has 3 aromatic rings. The standard InChI is InChI=1S/C23H16N2O5/c24-14-20(18-4-2-6-21(13-18)25(28)29)11-16-7-9-22(10-8-16)30-15-17-3-1-5-19(12-17)23(26)27/h1-13H,15H2,(H,26,27)/b20-11-. The molecule has 0 bridgehead atoms. The molecule has 1 N–H and O–H groups in total. The van der Waals surface area contributed by atoms with Crippen LogP contribution in [0.5, 0.6) is 5.75 Å². The van der Waals surface area contributed by atoms with E-state index in [9.17, 15) is 20.2 Å². The summed E-state index contributed by atoms with van der Waals surface area (Å²) >= 11 is 0. The Hall–Kier alpha value is -4.44. The lowest BCUT2D eigenvalue weighted by Gasteiger charge is -2.07. The average molecular weight is 400 g/mol. The van der Waals surface area contributed by atoms with E-state index in [1.165, 1.54) is 24.3 Å². The van der Waals surface area contributed by atoms with Crippen molar-refractivity contribution in [3.8, 4) is 11.8 Å². The van der Waals surface area contributed by atoms with E-state index in [-0.39, 0.29) is 17.9 Å². The van der Waals surface area contributed by atoms with Crippen LogP contribution in [-0.4, -0.2) is 16.0 Å². The van der Waals surface area contributed by atoms with Crippen LogP contribution in [0.25, 0.3) is 11.6 Å². The molecule has 0 aromatic heterocycles. The fourth-order valence-electron chi connectivity index (χ4n) is 2.75. The molecule has 0 saturated heterocycles. The van der Waals surface area contributed by atoms with Crippen molar-refractivity contribution in [2.75, 3.05) is 0 Å². The Bertz CT molecular complexity index is 1160. The van der Waals surface area contributed by atoms with Gasteiger partial charge in [0, 0.05) is 12.1 Å². The number of nitrogens with zero attached hydrogens (tertiary/aromatic N) is 2. The number of rotatable bonds is 7. The summed E-state index contributed by atoms with van der Waals surface area (Å²) in [6.45, 7) is 0.216. The molecular weight excluding hydrogens is 384 g/mol. The number of nitro benzene ring substituents is 1. The van der Waals surface area contributed by atoms with Gasteiger partial charge >= 0.3 is 5.97 Å². The highest BCUT2D eigenvalue weighted by Crippen LogP contribution is 2.23. The van der Waals surface area contributed by atoms with Crippen LogP contribution in [0.1, 0.15) is 27.0 Å². The third-order valence-corrected chi connectivity index (χ3v) is 4.26. The van der Waals surface area contributed by atoms with Gasteiger partial charge in [-0.15, -0.1) is 0 Å². The van der Waals surface area contributed by atoms with Gasteiger partial charge in [-0.1, -0.05) is 36.4 Å². The molecule has 0 aliphatic heterocycles. The molecule has 0 spiro atoms. The topological polar surface area (TPSA) is 113 Å². The lowest BCUT2D eigenvalue weighted by atomic mass is 10.0. The van der Waals surface area contributed by atoms with Gasteiger partial charge in [0.15, 0.2) is 0 Å². The maximum Gasteiger partial charge on any atom is 0.335 e. The second-order valence-electron chi connectivity index (χ2n) is 6.34. The molecule has 0 heterocycles. The average Bonchev–Trinajstić information content (AvgIpc) is 2.77. The second kappa shape index (κ2) is 9.17. The molecular formula is C23H16N2O5. The molecule has 0 unspecified atom stereocenters. The zero-order chi connectivity index (χ0) is 21.5. The van der Waals surface area contributed by atoms with E-state index in [1.54, 1.807) is 54.6 Å². The first kappa shape index (κ1) is 20.3. The minimum absolute atomic E-state index is 0.0793. The van der Waals surface area contributed by atoms with Gasteiger partial charge in [0.05, 0.1) is 22.1 Å². The van der Waals surface area contributed by atoms with Gasteiger partial charge in [0.1, 0.15) is 12.4 Å². The lowest BCUT2D eigenvalue weighted by molar-refractivity contribution is -0.384. The fraction of sp³-hybridized carbons (Fsp3) is 0.0435. The minimum Gasteiger partial charge on any atom is -0.489 e. The monoisotopic (exact) mass is 400 g/mol. The maximum atomic E-state index is 11.0. The number of aromatic carboxylic acids is 1. The van der Waals surface area contributed by atoms with Crippen LogP contribution in [0.15, 0.2) is 72.8 Å². The Labute approximate surface area is 172 Å². The highest BCUT2D eigenvalue weighted by molar-refractivity contribution is 5.90. The van der Waals surface area contributed by atoms with Gasteiger partial charge in [-0.2, -0.15) is 5.26 Å². The second-order valence-corrected chi connectivity index (χ2v) is 6.34. The van der Waals surface area contributed by atoms with Crippen molar-refractivity contribution in [1.82, 2.24) is 0 Å². The number of carboxylic acids is 1. The van der Waals surface area contributed by atoms with Crippen molar-refractivity contribution in [2.45, 2.75) is 6.61 Å². The van der Waals surface area contributed by atoms with Crippen molar-refractivity contribution >= 4 is 23.3 Å². The normalized spacial score (nSPS) is 10.8. The van der Waals surface area contributed by atoms with Gasteiger partial charge in [0.2, 0.25) is 0 Å². The molecule has 0 atom stereocenters. The Morgan fingerprint density at radius 1 is 1.07 bits per heavy atom. The molecule has 148 valence electrons. The number of nitro groups is 1. The van der Waals surface area contributed by atoms with Crippen LogP contribution in [0.3, 0.4) is 0 Å². The van der Waals surface area contributed by atoms with E-state index in [4.69, 9.17) is 9.84 Å². The number of benzene rings is 3. The summed E-state index contributed by atoms with van der Waals surface area (Å²) in [6.07, 6.45) is 1.64. The largest absolute Gasteiger partial charge is 0.489 e. The molecule has 0 aliphatic rings. The SMILES string of the molecule is N#C/C(=C/c1ccc(OCc2cccc(C(=O)O)c2)cc1)c1cccc([N+](=O)[O-])c1. The third kappa shape index (κ3) is 5.09. The summed E-state index contributed by atoms with van der Waals surface area (Å²) in [5.41, 5.74) is 2.35. The molecule has 0 radical (unpaired) electrons.